The van der Waals surface area contributed by atoms with Gasteiger partial charge in [0.1, 0.15) is 12.4 Å². The predicted octanol–water partition coefficient (Wildman–Crippen LogP) is 3.58. The number of methoxy groups -OCH3 is 1. The molecule has 0 aromatic heterocycles. The molecule has 0 amide bonds. The van der Waals surface area contributed by atoms with E-state index in [1.54, 1.807) is 16.2 Å². The molecule has 0 aliphatic carbocycles. The van der Waals surface area contributed by atoms with E-state index < -0.39 is 0 Å². The number of likely N-dealkylation sites (N-methyl/N-ethyl adjacent to an activating group) is 1. The molecule has 2 N–H and O–H groups in total. The number of nitrogens with one attached hydrogen (secondary N) is 2. The highest BCUT2D eigenvalue weighted by atomic mass is 127. The van der Waals surface area contributed by atoms with Gasteiger partial charge in [0.05, 0.1) is 19.4 Å². The summed E-state index contributed by atoms with van der Waals surface area (Å²) in [6.45, 7) is 4.86. The Labute approximate surface area is 180 Å². The largest absolute Gasteiger partial charge is 0.492 e. The maximum atomic E-state index is 11.2. The third kappa shape index (κ3) is 14.2. The number of rotatable bonds is 17. The van der Waals surface area contributed by atoms with Crippen molar-refractivity contribution in [2.75, 3.05) is 47.5 Å². The quantitative estimate of drug-likeness (QED) is 0.0580. The molecule has 9 heteroatoms. The van der Waals surface area contributed by atoms with Gasteiger partial charge in [0.15, 0.2) is 0 Å². The van der Waals surface area contributed by atoms with Crippen LogP contribution in [0.4, 0.5) is 0 Å². The van der Waals surface area contributed by atoms with Crippen LogP contribution in [0.1, 0.15) is 39.0 Å². The number of esters is 1. The molecule has 27 heavy (non-hydrogen) atoms. The number of ether oxygens (including phenoxy) is 2. The number of hydroxylamine groups is 1. The third-order valence-corrected chi connectivity index (χ3v) is 5.05. The zero-order chi connectivity index (χ0) is 20.3. The van der Waals surface area contributed by atoms with E-state index in [1.165, 1.54) is 7.11 Å². The zero-order valence-corrected chi connectivity index (χ0v) is 19.9. The van der Waals surface area contributed by atoms with Gasteiger partial charge in [-0.05, 0) is 47.8 Å². The fraction of sp³-hybridized carbons (Fsp3) is 0.722. The van der Waals surface area contributed by atoms with Crippen molar-refractivity contribution >= 4 is 36.3 Å². The minimum atomic E-state index is -0.183. The smallest absolute Gasteiger partial charge is 0.305 e. The first-order chi connectivity index (χ1) is 13.1. The number of halogens is 1. The summed E-state index contributed by atoms with van der Waals surface area (Å²) in [6.07, 6.45) is 8.14. The Morgan fingerprint density at radius 2 is 2.07 bits per heavy atom. The Hall–Kier alpha value is -0.490. The van der Waals surface area contributed by atoms with E-state index in [4.69, 9.17) is 9.57 Å². The Balaban J connectivity index is 4.85. The second-order valence-corrected chi connectivity index (χ2v) is 7.48. The van der Waals surface area contributed by atoms with Gasteiger partial charge in [0.25, 0.3) is 0 Å². The van der Waals surface area contributed by atoms with Crippen LogP contribution in [-0.4, -0.2) is 58.4 Å². The molecular formula is C18H34IN3O4S. The Kier molecular flexibility index (Phi) is 18.5. The van der Waals surface area contributed by atoms with Crippen molar-refractivity contribution in [3.8, 4) is 0 Å². The van der Waals surface area contributed by atoms with Gasteiger partial charge in [0, 0.05) is 54.8 Å². The fourth-order valence-electron chi connectivity index (χ4n) is 2.11. The molecule has 0 fully saturated rings. The first kappa shape index (κ1) is 26.5. The Morgan fingerprint density at radius 3 is 2.70 bits per heavy atom. The monoisotopic (exact) mass is 515 g/mol. The van der Waals surface area contributed by atoms with Crippen molar-refractivity contribution in [2.24, 2.45) is 0 Å². The van der Waals surface area contributed by atoms with Gasteiger partial charge in [-0.2, -0.15) is 0 Å². The highest BCUT2D eigenvalue weighted by molar-refractivity contribution is 14.2. The lowest BCUT2D eigenvalue weighted by molar-refractivity contribution is -0.140. The molecule has 0 rings (SSSR count). The summed E-state index contributed by atoms with van der Waals surface area (Å²) in [4.78, 5) is 18.7. The van der Waals surface area contributed by atoms with Crippen LogP contribution in [0.5, 0.6) is 0 Å². The summed E-state index contributed by atoms with van der Waals surface area (Å²) >= 11 is 2.23. The van der Waals surface area contributed by atoms with Crippen molar-refractivity contribution in [1.82, 2.24) is 15.1 Å². The molecule has 7 nitrogen and oxygen atoms in total. The van der Waals surface area contributed by atoms with E-state index in [-0.39, 0.29) is 5.97 Å². The van der Waals surface area contributed by atoms with E-state index in [0.717, 1.165) is 50.2 Å². The summed E-state index contributed by atoms with van der Waals surface area (Å²) < 4.78 is 13.9. The standard InChI is InChI=1S/C18H34IN3O4S/c1-5-22(3)16(15-26-20-2)17(11-7-6-9-13-21-27-19)25-14-10-8-12-18(23)24-4/h7,11,20-21H,5-6,8-10,12-15H2,1-4H3/b11-7+,17-16+. The van der Waals surface area contributed by atoms with Gasteiger partial charge in [-0.3, -0.25) is 14.4 Å². The minimum Gasteiger partial charge on any atom is -0.492 e. The van der Waals surface area contributed by atoms with E-state index in [1.807, 2.05) is 13.1 Å². The highest BCUT2D eigenvalue weighted by Gasteiger charge is 2.11. The number of unbranched alkanes of at least 4 members (excludes halogenated alkanes) is 2. The van der Waals surface area contributed by atoms with Crippen LogP contribution in [0, 0.1) is 0 Å². The van der Waals surface area contributed by atoms with Crippen molar-refractivity contribution in [1.29, 1.82) is 0 Å². The van der Waals surface area contributed by atoms with Crippen LogP contribution in [-0.2, 0) is 19.1 Å². The molecule has 0 saturated heterocycles. The maximum Gasteiger partial charge on any atom is 0.305 e. The number of hydrogen-bond acceptors (Lipinski definition) is 8. The second-order valence-electron chi connectivity index (χ2n) is 5.72. The van der Waals surface area contributed by atoms with Crippen LogP contribution in [0.3, 0.4) is 0 Å². The van der Waals surface area contributed by atoms with Gasteiger partial charge in [-0.1, -0.05) is 6.08 Å². The van der Waals surface area contributed by atoms with Crippen LogP contribution in [0.25, 0.3) is 0 Å². The molecule has 0 aromatic rings. The van der Waals surface area contributed by atoms with Gasteiger partial charge in [0.2, 0.25) is 0 Å². The zero-order valence-electron chi connectivity index (χ0n) is 16.9. The van der Waals surface area contributed by atoms with Crippen molar-refractivity contribution < 1.29 is 19.1 Å². The Morgan fingerprint density at radius 1 is 1.30 bits per heavy atom. The lowest BCUT2D eigenvalue weighted by Gasteiger charge is -2.23. The van der Waals surface area contributed by atoms with E-state index in [9.17, 15) is 4.79 Å². The number of carbonyl (C=O) groups is 1. The first-order valence-electron chi connectivity index (χ1n) is 9.20. The van der Waals surface area contributed by atoms with Gasteiger partial charge in [-0.15, -0.1) is 0 Å². The van der Waals surface area contributed by atoms with Gasteiger partial charge >= 0.3 is 5.97 Å². The van der Waals surface area contributed by atoms with Gasteiger partial charge < -0.3 is 14.4 Å². The summed E-state index contributed by atoms with van der Waals surface area (Å²) in [7, 11) is 6.77. The molecule has 0 heterocycles. The van der Waals surface area contributed by atoms with Crippen molar-refractivity contribution in [3.05, 3.63) is 23.6 Å². The molecule has 0 aliphatic heterocycles. The third-order valence-electron chi connectivity index (χ3n) is 3.81. The lowest BCUT2D eigenvalue weighted by atomic mass is 10.2. The highest BCUT2D eigenvalue weighted by Crippen LogP contribution is 2.15. The maximum absolute atomic E-state index is 11.2. The molecule has 0 unspecified atom stereocenters. The van der Waals surface area contributed by atoms with E-state index in [0.29, 0.717) is 19.6 Å². The average molecular weight is 515 g/mol. The molecule has 0 aromatic carbocycles. The van der Waals surface area contributed by atoms with Crippen molar-refractivity contribution in [2.45, 2.75) is 39.0 Å². The van der Waals surface area contributed by atoms with Crippen LogP contribution < -0.4 is 10.2 Å². The molecule has 0 bridgehead atoms. The van der Waals surface area contributed by atoms with Crippen molar-refractivity contribution in [3.63, 3.8) is 0 Å². The summed E-state index contributed by atoms with van der Waals surface area (Å²) in [6, 6.07) is 0. The molecular weight excluding hydrogens is 481 g/mol. The summed E-state index contributed by atoms with van der Waals surface area (Å²) in [5.74, 6) is 0.627. The Bertz CT molecular complexity index is 450. The van der Waals surface area contributed by atoms with Crippen LogP contribution in [0.2, 0.25) is 0 Å². The average Bonchev–Trinajstić information content (AvgIpc) is 2.69. The molecule has 0 saturated carbocycles. The molecule has 0 spiro atoms. The second kappa shape index (κ2) is 18.9. The molecule has 0 atom stereocenters. The SMILES string of the molecule is CCN(C)/C(CONC)=C(\C=C\CCCNSI)OCCCCC(=O)OC. The van der Waals surface area contributed by atoms with E-state index in [2.05, 4.69) is 54.0 Å². The number of allylic oxidation sites excluding steroid dienone is 2. The van der Waals surface area contributed by atoms with Crippen LogP contribution in [0.15, 0.2) is 23.6 Å². The fourth-order valence-corrected chi connectivity index (χ4v) is 2.99. The lowest BCUT2D eigenvalue weighted by Crippen LogP contribution is -2.25. The normalized spacial score (nSPS) is 12.2. The first-order valence-corrected chi connectivity index (χ1v) is 12.6. The van der Waals surface area contributed by atoms with E-state index >= 15 is 0 Å². The minimum absolute atomic E-state index is 0.183. The number of carbonyl (C=O) groups excluding carboxylic acids is 1. The summed E-state index contributed by atoms with van der Waals surface area (Å²) in [5, 5.41) is 0. The topological polar surface area (TPSA) is 72.1 Å². The molecule has 0 aliphatic rings. The molecule has 0 radical (unpaired) electrons. The number of nitrogens with zero attached hydrogens (tertiary/aromatic N) is 1. The van der Waals surface area contributed by atoms with Gasteiger partial charge in [-0.25, -0.2) is 5.48 Å². The number of hydrogen-bond donors (Lipinski definition) is 2. The molecule has 158 valence electrons. The predicted molar refractivity (Wildman–Crippen MR) is 120 cm³/mol. The van der Waals surface area contributed by atoms with Crippen LogP contribution >= 0.6 is 30.3 Å². The summed E-state index contributed by atoms with van der Waals surface area (Å²) in [5.41, 5.74) is 3.70.